The van der Waals surface area contributed by atoms with Crippen molar-refractivity contribution in [1.29, 1.82) is 0 Å². The monoisotopic (exact) mass is 428 g/mol. The minimum Gasteiger partial charge on any atom is -0.444 e. The normalized spacial score (nSPS) is 13.6. The number of hydrogen-bond acceptors (Lipinski definition) is 3. The van der Waals surface area contributed by atoms with Gasteiger partial charge in [0.25, 0.3) is 0 Å². The number of nitrogens with one attached hydrogen (secondary N) is 1. The Kier molecular flexibility index (Phi) is 4.62. The standard InChI is InChI=1S/C26H28N4O2/c1-16-7-6-8-17(2)23(16)30-24(19-9-10-21-18(13-19)11-12-27-21)20-14-29(15-22(20)28-30)25(31)32-26(3,4)5/h6-13,27H,14-15H2,1-5H3. The summed E-state index contributed by atoms with van der Waals surface area (Å²) < 4.78 is 7.68. The van der Waals surface area contributed by atoms with Gasteiger partial charge in [0.15, 0.2) is 0 Å². The van der Waals surface area contributed by atoms with Gasteiger partial charge in [0.05, 0.1) is 30.2 Å². The van der Waals surface area contributed by atoms with Crippen molar-refractivity contribution in [3.05, 3.63) is 71.0 Å². The van der Waals surface area contributed by atoms with E-state index < -0.39 is 5.60 Å². The number of aryl methyl sites for hydroxylation is 2. The van der Waals surface area contributed by atoms with E-state index in [4.69, 9.17) is 9.84 Å². The number of rotatable bonds is 2. The third kappa shape index (κ3) is 3.45. The van der Waals surface area contributed by atoms with Crippen molar-refractivity contribution in [1.82, 2.24) is 19.7 Å². The van der Waals surface area contributed by atoms with E-state index >= 15 is 0 Å². The quantitative estimate of drug-likeness (QED) is 0.433. The van der Waals surface area contributed by atoms with Crippen LogP contribution in [0.15, 0.2) is 48.7 Å². The summed E-state index contributed by atoms with van der Waals surface area (Å²) >= 11 is 0. The lowest BCUT2D eigenvalue weighted by Gasteiger charge is -2.24. The Hall–Kier alpha value is -3.54. The number of amides is 1. The van der Waals surface area contributed by atoms with Crippen LogP contribution in [0.1, 0.15) is 43.2 Å². The van der Waals surface area contributed by atoms with Crippen LogP contribution in [-0.4, -0.2) is 31.4 Å². The Morgan fingerprint density at radius 2 is 1.81 bits per heavy atom. The number of aromatic nitrogens is 3. The van der Waals surface area contributed by atoms with Crippen LogP contribution in [0.5, 0.6) is 0 Å². The second-order valence-corrected chi connectivity index (χ2v) is 9.54. The maximum Gasteiger partial charge on any atom is 0.410 e. The molecule has 0 unspecified atom stereocenters. The topological polar surface area (TPSA) is 63.2 Å². The van der Waals surface area contributed by atoms with E-state index in [1.54, 1.807) is 4.90 Å². The molecule has 32 heavy (non-hydrogen) atoms. The number of H-pyrrole nitrogens is 1. The van der Waals surface area contributed by atoms with Gasteiger partial charge >= 0.3 is 6.09 Å². The number of aromatic amines is 1. The zero-order valence-electron chi connectivity index (χ0n) is 19.2. The van der Waals surface area contributed by atoms with Gasteiger partial charge in [-0.2, -0.15) is 5.10 Å². The van der Waals surface area contributed by atoms with Crippen LogP contribution in [0.3, 0.4) is 0 Å². The average Bonchev–Trinajstić information content (AvgIpc) is 3.40. The summed E-state index contributed by atoms with van der Waals surface area (Å²) in [5, 5.41) is 6.16. The van der Waals surface area contributed by atoms with Crippen LogP contribution in [0.2, 0.25) is 0 Å². The van der Waals surface area contributed by atoms with E-state index in [-0.39, 0.29) is 6.09 Å². The van der Waals surface area contributed by atoms with Gasteiger partial charge in [0.1, 0.15) is 5.60 Å². The summed E-state index contributed by atoms with van der Waals surface area (Å²) in [5.41, 5.74) is 8.10. The molecule has 3 heterocycles. The molecule has 5 rings (SSSR count). The smallest absolute Gasteiger partial charge is 0.410 e. The lowest BCUT2D eigenvalue weighted by molar-refractivity contribution is 0.0239. The minimum absolute atomic E-state index is 0.304. The predicted octanol–water partition coefficient (Wildman–Crippen LogP) is 5.89. The number of fused-ring (bicyclic) bond motifs is 2. The van der Waals surface area contributed by atoms with Crippen molar-refractivity contribution in [3.8, 4) is 16.9 Å². The number of para-hydroxylation sites is 1. The molecular weight excluding hydrogens is 400 g/mol. The SMILES string of the molecule is Cc1cccc(C)c1-n1nc2c(c1-c1ccc3[nH]ccc3c1)CN(C(=O)OC(C)(C)C)C2. The molecule has 0 saturated heterocycles. The average molecular weight is 429 g/mol. The first kappa shape index (κ1) is 20.4. The van der Waals surface area contributed by atoms with Gasteiger partial charge in [0, 0.05) is 28.2 Å². The lowest BCUT2D eigenvalue weighted by Crippen LogP contribution is -2.33. The molecule has 0 radical (unpaired) electrons. The van der Waals surface area contributed by atoms with E-state index in [1.165, 1.54) is 11.1 Å². The second kappa shape index (κ2) is 7.26. The minimum atomic E-state index is -0.530. The number of carbonyl (C=O) groups is 1. The molecule has 1 amide bonds. The van der Waals surface area contributed by atoms with E-state index in [2.05, 4.69) is 66.0 Å². The maximum atomic E-state index is 12.7. The molecule has 0 atom stereocenters. The zero-order chi connectivity index (χ0) is 22.6. The van der Waals surface area contributed by atoms with Crippen LogP contribution in [0, 0.1) is 13.8 Å². The Bertz CT molecular complexity index is 1320. The maximum absolute atomic E-state index is 12.7. The number of nitrogens with zero attached hydrogens (tertiary/aromatic N) is 3. The first-order chi connectivity index (χ1) is 15.2. The molecular formula is C26H28N4O2. The predicted molar refractivity (Wildman–Crippen MR) is 126 cm³/mol. The van der Waals surface area contributed by atoms with Gasteiger partial charge in [-0.1, -0.05) is 24.3 Å². The summed E-state index contributed by atoms with van der Waals surface area (Å²) in [7, 11) is 0. The third-order valence-corrected chi connectivity index (χ3v) is 5.89. The van der Waals surface area contributed by atoms with Gasteiger partial charge in [0.2, 0.25) is 0 Å². The number of carbonyl (C=O) groups excluding carboxylic acids is 1. The highest BCUT2D eigenvalue weighted by molar-refractivity contribution is 5.86. The van der Waals surface area contributed by atoms with Gasteiger partial charge < -0.3 is 9.72 Å². The van der Waals surface area contributed by atoms with E-state index in [0.717, 1.165) is 39.1 Å². The van der Waals surface area contributed by atoms with Crippen LogP contribution < -0.4 is 0 Å². The lowest BCUT2D eigenvalue weighted by atomic mass is 10.0. The Labute approximate surface area is 187 Å². The van der Waals surface area contributed by atoms with Gasteiger partial charge in [-0.3, -0.25) is 4.90 Å². The molecule has 2 aromatic carbocycles. The molecule has 0 aliphatic carbocycles. The van der Waals surface area contributed by atoms with Gasteiger partial charge in [-0.15, -0.1) is 0 Å². The Morgan fingerprint density at radius 3 is 2.53 bits per heavy atom. The highest BCUT2D eigenvalue weighted by Crippen LogP contribution is 2.37. The van der Waals surface area contributed by atoms with E-state index in [1.807, 2.05) is 27.0 Å². The van der Waals surface area contributed by atoms with Crippen molar-refractivity contribution >= 4 is 17.0 Å². The molecule has 6 nitrogen and oxygen atoms in total. The van der Waals surface area contributed by atoms with Crippen LogP contribution >= 0.6 is 0 Å². The van der Waals surface area contributed by atoms with Crippen molar-refractivity contribution in [3.63, 3.8) is 0 Å². The highest BCUT2D eigenvalue weighted by Gasteiger charge is 2.34. The van der Waals surface area contributed by atoms with Crippen LogP contribution in [0.25, 0.3) is 27.8 Å². The molecule has 1 aliphatic rings. The number of benzene rings is 2. The fourth-order valence-electron chi connectivity index (χ4n) is 4.47. The summed E-state index contributed by atoms with van der Waals surface area (Å²) in [5.74, 6) is 0. The van der Waals surface area contributed by atoms with Gasteiger partial charge in [-0.25, -0.2) is 9.48 Å². The summed E-state index contributed by atoms with van der Waals surface area (Å²) in [4.78, 5) is 17.7. The van der Waals surface area contributed by atoms with E-state index in [9.17, 15) is 4.79 Å². The molecule has 0 bridgehead atoms. The van der Waals surface area contributed by atoms with E-state index in [0.29, 0.717) is 13.1 Å². The second-order valence-electron chi connectivity index (χ2n) is 9.54. The summed E-state index contributed by atoms with van der Waals surface area (Å²) in [6, 6.07) is 14.8. The molecule has 2 aromatic heterocycles. The Morgan fingerprint density at radius 1 is 1.06 bits per heavy atom. The first-order valence-corrected chi connectivity index (χ1v) is 10.9. The van der Waals surface area contributed by atoms with Crippen LogP contribution in [-0.2, 0) is 17.8 Å². The summed E-state index contributed by atoms with van der Waals surface area (Å²) in [6.45, 7) is 10.8. The third-order valence-electron chi connectivity index (χ3n) is 5.89. The molecule has 4 aromatic rings. The number of hydrogen-bond donors (Lipinski definition) is 1. The van der Waals surface area contributed by atoms with Crippen LogP contribution in [0.4, 0.5) is 4.79 Å². The molecule has 0 spiro atoms. The largest absolute Gasteiger partial charge is 0.444 e. The van der Waals surface area contributed by atoms with Crippen molar-refractivity contribution < 1.29 is 9.53 Å². The molecule has 1 aliphatic heterocycles. The molecule has 164 valence electrons. The first-order valence-electron chi connectivity index (χ1n) is 10.9. The van der Waals surface area contributed by atoms with Crippen molar-refractivity contribution in [2.24, 2.45) is 0 Å². The summed E-state index contributed by atoms with van der Waals surface area (Å²) in [6.07, 6.45) is 1.65. The number of ether oxygens (including phenoxy) is 1. The highest BCUT2D eigenvalue weighted by atomic mass is 16.6. The molecule has 0 fully saturated rings. The zero-order valence-corrected chi connectivity index (χ0v) is 19.2. The fraction of sp³-hybridized carbons (Fsp3) is 0.308. The van der Waals surface area contributed by atoms with Gasteiger partial charge in [-0.05, 0) is 63.9 Å². The molecule has 6 heteroatoms. The Balaban J connectivity index is 1.65. The molecule has 0 saturated carbocycles. The van der Waals surface area contributed by atoms with Crippen molar-refractivity contribution in [2.75, 3.05) is 0 Å². The fourth-order valence-corrected chi connectivity index (χ4v) is 4.47. The molecule has 1 N–H and O–H groups in total. The van der Waals surface area contributed by atoms with Crippen molar-refractivity contribution in [2.45, 2.75) is 53.3 Å².